The number of rotatable bonds is 11. The molecule has 0 saturated heterocycles. The second-order valence-electron chi connectivity index (χ2n) is 25.6. The molecule has 0 radical (unpaired) electrons. The Hall–Kier alpha value is -11.9. The number of nitrogens with zero attached hydrogens (tertiary/aromatic N) is 4. The molecule has 6 aromatic heterocycles. The van der Waals surface area contributed by atoms with Crippen LogP contribution in [0.15, 0.2) is 328 Å². The van der Waals surface area contributed by atoms with Crippen molar-refractivity contribution >= 4 is 126 Å². The van der Waals surface area contributed by atoms with Crippen LogP contribution in [0.3, 0.4) is 0 Å². The molecule has 14 aromatic carbocycles. The van der Waals surface area contributed by atoms with Crippen LogP contribution in [-0.4, -0.2) is 19.9 Å². The third-order valence-electron chi connectivity index (χ3n) is 19.5. The molecule has 0 saturated carbocycles. The molecule has 0 spiro atoms. The van der Waals surface area contributed by atoms with Crippen molar-refractivity contribution in [3.8, 4) is 123 Å². The summed E-state index contributed by atoms with van der Waals surface area (Å²) in [5, 5.41) is 10.0. The van der Waals surface area contributed by atoms with Crippen LogP contribution >= 0.6 is 45.3 Å². The number of fused-ring (bicyclic) bond motifs is 12. The number of hydrogen-bond donors (Lipinski definition) is 0. The molecule has 20 rings (SSSR count). The van der Waals surface area contributed by atoms with Crippen LogP contribution in [0.25, 0.3) is 204 Å². The van der Waals surface area contributed by atoms with Gasteiger partial charge < -0.3 is 0 Å². The molecule has 0 aliphatic heterocycles. The minimum Gasteiger partial charge on any atom is -0.228 e. The minimum absolute atomic E-state index is 0.661. The van der Waals surface area contributed by atoms with Crippen molar-refractivity contribution in [2.24, 2.45) is 0 Å². The van der Waals surface area contributed by atoms with E-state index in [4.69, 9.17) is 19.9 Å². The Morgan fingerprint density at radius 1 is 0.160 bits per heavy atom. The molecule has 20 aromatic rings. The van der Waals surface area contributed by atoms with Crippen molar-refractivity contribution < 1.29 is 0 Å². The summed E-state index contributed by atoms with van der Waals surface area (Å²) in [5.41, 5.74) is 20.6. The summed E-state index contributed by atoms with van der Waals surface area (Å²) in [4.78, 5) is 21.8. The van der Waals surface area contributed by atoms with Crippen LogP contribution in [0.1, 0.15) is 0 Å². The lowest BCUT2D eigenvalue weighted by Crippen LogP contribution is -1.97. The van der Waals surface area contributed by atoms with Crippen LogP contribution < -0.4 is 0 Å². The van der Waals surface area contributed by atoms with Crippen molar-refractivity contribution in [3.63, 3.8) is 0 Å². The fraction of sp³-hybridized carbons (Fsp3) is 0. The van der Waals surface area contributed by atoms with Gasteiger partial charge in [0.15, 0.2) is 11.6 Å². The topological polar surface area (TPSA) is 51.6 Å². The highest BCUT2D eigenvalue weighted by Crippen LogP contribution is 2.48. The van der Waals surface area contributed by atoms with Crippen LogP contribution in [0, 0.1) is 0 Å². The molecule has 4 nitrogen and oxygen atoms in total. The first-order valence-corrected chi connectivity index (χ1v) is 36.8. The summed E-state index contributed by atoms with van der Waals surface area (Å²) in [5.74, 6) is 1.34. The Kier molecular flexibility index (Phi) is 14.0. The standard InChI is InChI=1S/C92H54N4S4/c1-4-20-55(21-5-1)79-53-81(95-91(93-79)56-22-6-2-7-23-56)68-47-65(69-32-19-33-74-70-28-10-16-36-85(70)99-89(69)74)46-66(48-68)75-51-64(52-78-73-31-13-17-37-86(73)100-90(75)78)58-26-18-27-61(42-58)80-54-82(96-92(94-80)57-24-8-3-9-25-57)67-44-62(59-38-40-87-76(49-59)71-29-11-14-34-83(71)97-87)43-63(45-67)60-39-41-88-77(50-60)72-30-12-15-35-84(72)98-88/h1-54H. The Bertz CT molecular complexity index is 6470. The number of hydrogen-bond acceptors (Lipinski definition) is 8. The highest BCUT2D eigenvalue weighted by molar-refractivity contribution is 7.27. The monoisotopic (exact) mass is 1340 g/mol. The van der Waals surface area contributed by atoms with Gasteiger partial charge in [-0.25, -0.2) is 19.9 Å². The van der Waals surface area contributed by atoms with Crippen molar-refractivity contribution in [1.29, 1.82) is 0 Å². The van der Waals surface area contributed by atoms with Gasteiger partial charge in [-0.2, -0.15) is 0 Å². The van der Waals surface area contributed by atoms with E-state index in [1.54, 1.807) is 0 Å². The van der Waals surface area contributed by atoms with Crippen LogP contribution in [0.4, 0.5) is 0 Å². The van der Waals surface area contributed by atoms with Gasteiger partial charge in [0.25, 0.3) is 0 Å². The molecule has 0 bridgehead atoms. The predicted molar refractivity (Wildman–Crippen MR) is 429 cm³/mol. The molecular weight excluding hydrogens is 1290 g/mol. The maximum absolute atomic E-state index is 5.53. The van der Waals surface area contributed by atoms with Gasteiger partial charge in [0, 0.05) is 120 Å². The Morgan fingerprint density at radius 3 is 1.04 bits per heavy atom. The second kappa shape index (κ2) is 24.0. The summed E-state index contributed by atoms with van der Waals surface area (Å²) in [7, 11) is 0. The molecular formula is C92H54N4S4. The average molecular weight is 1340 g/mol. The van der Waals surface area contributed by atoms with Gasteiger partial charge >= 0.3 is 0 Å². The van der Waals surface area contributed by atoms with E-state index in [0.29, 0.717) is 11.6 Å². The lowest BCUT2D eigenvalue weighted by molar-refractivity contribution is 1.18. The lowest BCUT2D eigenvalue weighted by Gasteiger charge is -2.15. The smallest absolute Gasteiger partial charge is 0.160 e. The van der Waals surface area contributed by atoms with Gasteiger partial charge in [-0.1, -0.05) is 212 Å². The van der Waals surface area contributed by atoms with Crippen molar-refractivity contribution in [1.82, 2.24) is 19.9 Å². The van der Waals surface area contributed by atoms with E-state index in [1.807, 2.05) is 51.4 Å². The third kappa shape index (κ3) is 10.3. The molecule has 6 heterocycles. The fourth-order valence-electron chi connectivity index (χ4n) is 14.6. The number of benzene rings is 14. The molecule has 100 heavy (non-hydrogen) atoms. The molecule has 0 aliphatic carbocycles. The van der Waals surface area contributed by atoms with Crippen LogP contribution in [-0.2, 0) is 0 Å². The minimum atomic E-state index is 0.661. The average Bonchev–Trinajstić information content (AvgIpc) is 1.49. The number of thiophene rings is 4. The van der Waals surface area contributed by atoms with Crippen LogP contribution in [0.5, 0.6) is 0 Å². The predicted octanol–water partition coefficient (Wildman–Crippen LogP) is 27.1. The van der Waals surface area contributed by atoms with E-state index >= 15 is 0 Å². The third-order valence-corrected chi connectivity index (χ3v) is 24.2. The summed E-state index contributed by atoms with van der Waals surface area (Å²) in [6.07, 6.45) is 0. The summed E-state index contributed by atoms with van der Waals surface area (Å²) in [6.45, 7) is 0. The van der Waals surface area contributed by atoms with Crippen molar-refractivity contribution in [2.45, 2.75) is 0 Å². The Balaban J connectivity index is 0.775. The van der Waals surface area contributed by atoms with Crippen LogP contribution in [0.2, 0.25) is 0 Å². The highest BCUT2D eigenvalue weighted by Gasteiger charge is 2.22. The molecule has 0 atom stereocenters. The molecule has 0 amide bonds. The van der Waals surface area contributed by atoms with Gasteiger partial charge in [-0.05, 0) is 165 Å². The second-order valence-corrected chi connectivity index (χ2v) is 29.9. The Morgan fingerprint density at radius 2 is 0.490 bits per heavy atom. The van der Waals surface area contributed by atoms with E-state index in [-0.39, 0.29) is 0 Å². The summed E-state index contributed by atoms with van der Waals surface area (Å²) >= 11 is 7.41. The SMILES string of the molecule is c1ccc(-c2cc(-c3cc(-c4cccc5c4sc4ccccc45)cc(-c4cc(-c5cccc(-c6cc(-c7cc(-c8ccc9sc%10ccccc%10c9c8)cc(-c8ccc9sc%10ccccc%10c9c8)c7)nc(-c7ccccc7)n6)c5)cc5c4sc4ccccc45)c3)nc(-c3ccccc3)n2)cc1. The summed E-state index contributed by atoms with van der Waals surface area (Å²) in [6, 6.07) is 119. The molecule has 0 aliphatic rings. The normalized spacial score (nSPS) is 11.8. The summed E-state index contributed by atoms with van der Waals surface area (Å²) < 4.78 is 10.1. The molecule has 0 N–H and O–H groups in total. The van der Waals surface area contributed by atoms with Gasteiger partial charge in [0.2, 0.25) is 0 Å². The quantitative estimate of drug-likeness (QED) is 0.129. The van der Waals surface area contributed by atoms with Gasteiger partial charge in [0.1, 0.15) is 0 Å². The fourth-order valence-corrected chi connectivity index (χ4v) is 19.2. The van der Waals surface area contributed by atoms with Crippen molar-refractivity contribution in [3.05, 3.63) is 328 Å². The lowest BCUT2D eigenvalue weighted by atomic mass is 9.91. The van der Waals surface area contributed by atoms with E-state index in [2.05, 4.69) is 322 Å². The molecule has 0 fully saturated rings. The Labute approximate surface area is 592 Å². The van der Waals surface area contributed by atoms with Gasteiger partial charge in [0.05, 0.1) is 22.8 Å². The largest absolute Gasteiger partial charge is 0.228 e. The molecule has 8 heteroatoms. The van der Waals surface area contributed by atoms with Crippen molar-refractivity contribution in [2.75, 3.05) is 0 Å². The zero-order valence-electron chi connectivity index (χ0n) is 53.6. The zero-order valence-corrected chi connectivity index (χ0v) is 56.9. The first-order valence-electron chi connectivity index (χ1n) is 33.5. The van der Waals surface area contributed by atoms with Gasteiger partial charge in [-0.15, -0.1) is 45.3 Å². The first kappa shape index (κ1) is 58.3. The highest BCUT2D eigenvalue weighted by atomic mass is 32.1. The van der Waals surface area contributed by atoms with E-state index in [0.717, 1.165) is 106 Å². The zero-order chi connectivity index (χ0) is 65.8. The van der Waals surface area contributed by atoms with Gasteiger partial charge in [-0.3, -0.25) is 0 Å². The van der Waals surface area contributed by atoms with E-state index in [9.17, 15) is 0 Å². The first-order chi connectivity index (χ1) is 49.5. The maximum Gasteiger partial charge on any atom is 0.160 e. The number of aromatic nitrogens is 4. The molecule has 466 valence electrons. The maximum atomic E-state index is 5.53. The van der Waals surface area contributed by atoms with E-state index < -0.39 is 0 Å². The molecule has 0 unspecified atom stereocenters. The van der Waals surface area contributed by atoms with E-state index in [1.165, 1.54) is 86.3 Å².